The number of carboxylic acid groups (broad SMARTS) is 1. The van der Waals surface area contributed by atoms with E-state index >= 15 is 0 Å². The number of rotatable bonds is 80. The molecule has 0 saturated heterocycles. The van der Waals surface area contributed by atoms with E-state index in [2.05, 4.69) is 74.6 Å². The molecular formula is C88H163NO8. The molecule has 2 unspecified atom stereocenters. The lowest BCUT2D eigenvalue weighted by Gasteiger charge is -2.26. The number of nitrogens with zero attached hydrogens (tertiary/aromatic N) is 1. The average molecular weight is 1360 g/mol. The Morgan fingerprint density at radius 1 is 0.320 bits per heavy atom. The van der Waals surface area contributed by atoms with Crippen molar-refractivity contribution in [2.75, 3.05) is 47.5 Å². The van der Waals surface area contributed by atoms with E-state index in [-0.39, 0.29) is 32.2 Å². The number of carbonyl (C=O) groups excluding carboxylic acids is 3. The van der Waals surface area contributed by atoms with Crippen molar-refractivity contribution >= 4 is 17.9 Å². The van der Waals surface area contributed by atoms with Gasteiger partial charge in [0.25, 0.3) is 0 Å². The SMILES string of the molecule is CC/C=C\C/C=C\C/C=C\C/C=C\C/C=C\CCCCCCCCCCCCCCCCCCCCCCCC(=O)OC(COC(=O)CCCCCCCCCCCCCCCCCCCCCCCCCCCCCCCCCCCCC)COC(OCC[N+](C)(C)C)C(=O)[O-]. The predicted octanol–water partition coefficient (Wildman–Crippen LogP) is 26.0. The van der Waals surface area contributed by atoms with Gasteiger partial charge in [0.15, 0.2) is 12.4 Å². The number of carboxylic acids is 1. The van der Waals surface area contributed by atoms with Crippen LogP contribution in [-0.2, 0) is 33.3 Å². The highest BCUT2D eigenvalue weighted by atomic mass is 16.7. The molecule has 0 aliphatic carbocycles. The highest BCUT2D eigenvalue weighted by Crippen LogP contribution is 2.20. The molecule has 0 saturated carbocycles. The van der Waals surface area contributed by atoms with E-state index in [1.165, 1.54) is 327 Å². The van der Waals surface area contributed by atoms with Crippen LogP contribution in [0.5, 0.6) is 0 Å². The van der Waals surface area contributed by atoms with Crippen molar-refractivity contribution in [2.45, 2.75) is 437 Å². The number of unbranched alkanes of at least 4 members (excludes halogenated alkanes) is 55. The summed E-state index contributed by atoms with van der Waals surface area (Å²) in [5.41, 5.74) is 0. The van der Waals surface area contributed by atoms with Crippen molar-refractivity contribution < 1.29 is 42.9 Å². The smallest absolute Gasteiger partial charge is 0.306 e. The first-order valence-electron chi connectivity index (χ1n) is 42.4. The molecule has 9 heteroatoms. The Bertz CT molecular complexity index is 1780. The number of quaternary nitrogens is 1. The van der Waals surface area contributed by atoms with Crippen LogP contribution < -0.4 is 5.11 Å². The molecule has 568 valence electrons. The van der Waals surface area contributed by atoms with Crippen LogP contribution in [0.3, 0.4) is 0 Å². The van der Waals surface area contributed by atoms with Crippen molar-refractivity contribution in [2.24, 2.45) is 0 Å². The van der Waals surface area contributed by atoms with Crippen LogP contribution in [0.1, 0.15) is 425 Å². The molecule has 0 spiro atoms. The lowest BCUT2D eigenvalue weighted by molar-refractivity contribution is -0.870. The van der Waals surface area contributed by atoms with Gasteiger partial charge in [-0.1, -0.05) is 415 Å². The van der Waals surface area contributed by atoms with E-state index in [1.54, 1.807) is 0 Å². The fourth-order valence-electron chi connectivity index (χ4n) is 12.9. The monoisotopic (exact) mass is 1360 g/mol. The van der Waals surface area contributed by atoms with E-state index in [0.29, 0.717) is 17.4 Å². The number of aliphatic carboxylic acids is 1. The first-order valence-corrected chi connectivity index (χ1v) is 42.4. The largest absolute Gasteiger partial charge is 0.545 e. The topological polar surface area (TPSA) is 111 Å². The maximum absolute atomic E-state index is 13.0. The summed E-state index contributed by atoms with van der Waals surface area (Å²) < 4.78 is 22.9. The Morgan fingerprint density at radius 3 is 0.876 bits per heavy atom. The van der Waals surface area contributed by atoms with Gasteiger partial charge in [0.2, 0.25) is 0 Å². The summed E-state index contributed by atoms with van der Waals surface area (Å²) in [4.78, 5) is 37.7. The minimum atomic E-state index is -1.62. The molecule has 0 bridgehead atoms. The lowest BCUT2D eigenvalue weighted by Crippen LogP contribution is -2.44. The van der Waals surface area contributed by atoms with Gasteiger partial charge in [0.05, 0.1) is 40.3 Å². The Hall–Kier alpha value is -3.01. The van der Waals surface area contributed by atoms with E-state index in [4.69, 9.17) is 18.9 Å². The second-order valence-electron chi connectivity index (χ2n) is 30.1. The first kappa shape index (κ1) is 94.0. The number of hydrogen-bond donors (Lipinski definition) is 0. The van der Waals surface area contributed by atoms with Crippen molar-refractivity contribution in [1.82, 2.24) is 0 Å². The maximum Gasteiger partial charge on any atom is 0.306 e. The van der Waals surface area contributed by atoms with Gasteiger partial charge < -0.3 is 33.3 Å². The lowest BCUT2D eigenvalue weighted by atomic mass is 10.0. The molecule has 0 heterocycles. The number of allylic oxidation sites excluding steroid dienone is 10. The number of hydrogen-bond acceptors (Lipinski definition) is 8. The number of esters is 2. The second-order valence-corrected chi connectivity index (χ2v) is 30.1. The molecule has 0 aliphatic heterocycles. The van der Waals surface area contributed by atoms with Crippen molar-refractivity contribution in [1.29, 1.82) is 0 Å². The number of likely N-dealkylation sites (N-methyl/N-ethyl adjacent to an activating group) is 1. The third-order valence-corrected chi connectivity index (χ3v) is 19.3. The van der Waals surface area contributed by atoms with Crippen LogP contribution >= 0.6 is 0 Å². The quantitative estimate of drug-likeness (QED) is 0.0195. The Morgan fingerprint density at radius 2 is 0.588 bits per heavy atom. The Kier molecular flexibility index (Phi) is 76.3. The van der Waals surface area contributed by atoms with Crippen LogP contribution in [-0.4, -0.2) is 82.3 Å². The summed E-state index contributed by atoms with van der Waals surface area (Å²) >= 11 is 0. The first-order chi connectivity index (χ1) is 47.6. The van der Waals surface area contributed by atoms with Gasteiger partial charge in [-0.05, 0) is 57.8 Å². The maximum atomic E-state index is 13.0. The summed E-state index contributed by atoms with van der Waals surface area (Å²) in [5, 5.41) is 11.9. The molecule has 2 atom stereocenters. The van der Waals surface area contributed by atoms with Crippen LogP contribution in [0.25, 0.3) is 0 Å². The minimum absolute atomic E-state index is 0.150. The zero-order valence-electron chi connectivity index (χ0n) is 65.2. The van der Waals surface area contributed by atoms with E-state index in [1.807, 2.05) is 21.1 Å². The van der Waals surface area contributed by atoms with Crippen LogP contribution in [0, 0.1) is 0 Å². The normalized spacial score (nSPS) is 12.9. The predicted molar refractivity (Wildman–Crippen MR) is 417 cm³/mol. The van der Waals surface area contributed by atoms with E-state index < -0.39 is 24.3 Å². The molecule has 0 aromatic carbocycles. The molecule has 0 fully saturated rings. The van der Waals surface area contributed by atoms with E-state index in [0.717, 1.165) is 70.6 Å². The minimum Gasteiger partial charge on any atom is -0.545 e. The summed E-state index contributed by atoms with van der Waals surface area (Å²) in [6.45, 7) is 4.72. The molecule has 0 amide bonds. The summed E-state index contributed by atoms with van der Waals surface area (Å²) in [6, 6.07) is 0. The molecule has 97 heavy (non-hydrogen) atoms. The van der Waals surface area contributed by atoms with Gasteiger partial charge in [0.1, 0.15) is 13.2 Å². The third kappa shape index (κ3) is 80.2. The van der Waals surface area contributed by atoms with Crippen LogP contribution in [0.2, 0.25) is 0 Å². The van der Waals surface area contributed by atoms with Gasteiger partial charge >= 0.3 is 11.9 Å². The molecule has 0 rings (SSSR count). The summed E-state index contributed by atoms with van der Waals surface area (Å²) in [5.74, 6) is -2.25. The van der Waals surface area contributed by atoms with Gasteiger partial charge in [-0.3, -0.25) is 9.59 Å². The zero-order valence-corrected chi connectivity index (χ0v) is 65.2. The molecular weight excluding hydrogens is 1200 g/mol. The fourth-order valence-corrected chi connectivity index (χ4v) is 12.9. The average Bonchev–Trinajstić information content (AvgIpc) is 3.11. The molecule has 0 radical (unpaired) electrons. The van der Waals surface area contributed by atoms with Gasteiger partial charge in [-0.15, -0.1) is 0 Å². The highest BCUT2D eigenvalue weighted by molar-refractivity contribution is 5.70. The summed E-state index contributed by atoms with van der Waals surface area (Å²) in [7, 11) is 5.95. The van der Waals surface area contributed by atoms with Gasteiger partial charge in [-0.25, -0.2) is 0 Å². The molecule has 9 nitrogen and oxygen atoms in total. The Labute approximate surface area is 603 Å². The Balaban J connectivity index is 3.94. The van der Waals surface area contributed by atoms with Crippen molar-refractivity contribution in [3.63, 3.8) is 0 Å². The van der Waals surface area contributed by atoms with E-state index in [9.17, 15) is 19.5 Å². The summed E-state index contributed by atoms with van der Waals surface area (Å²) in [6.07, 6.45) is 102. The fraction of sp³-hybridized carbons (Fsp3) is 0.852. The number of carbonyl (C=O) groups is 3. The van der Waals surface area contributed by atoms with Crippen molar-refractivity contribution in [3.8, 4) is 0 Å². The molecule has 0 aromatic heterocycles. The molecule has 0 aliphatic rings. The molecule has 0 N–H and O–H groups in total. The second kappa shape index (κ2) is 78.7. The highest BCUT2D eigenvalue weighted by Gasteiger charge is 2.22. The van der Waals surface area contributed by atoms with Crippen LogP contribution in [0.15, 0.2) is 60.8 Å². The molecule has 0 aromatic rings. The van der Waals surface area contributed by atoms with Crippen LogP contribution in [0.4, 0.5) is 0 Å². The van der Waals surface area contributed by atoms with Gasteiger partial charge in [0, 0.05) is 12.8 Å². The number of ether oxygens (including phenoxy) is 4. The standard InChI is InChI=1S/C88H163NO8/c1-6-8-10-12-14-16-18-20-22-24-26-28-30-32-34-36-38-40-42-43-45-47-49-51-53-55-57-59-61-63-65-67-69-71-73-75-77-79-86(91)97-84(83-96-88(87(92)93)94-81-80-89(3,4)5)82-95-85(90)78-76-74-72-70-68-66-64-62-60-58-56-54-52-50-48-46-44-41-39-37-35-33-31-29-27-25-23-21-19-17-15-13-11-9-7-2/h8,10,14,16,20,22,26,28,32,34,84,88H,6-7,9,11-13,15,17-19,21,23-25,27,29-31,33,35-83H2,1-5H3/b10-8-,16-14-,22-20-,28-26-,34-32-. The van der Waals surface area contributed by atoms with Gasteiger partial charge in [-0.2, -0.15) is 0 Å². The van der Waals surface area contributed by atoms with Crippen molar-refractivity contribution in [3.05, 3.63) is 60.8 Å². The zero-order chi connectivity index (χ0) is 70.4. The third-order valence-electron chi connectivity index (χ3n) is 19.3.